The Morgan fingerprint density at radius 1 is 0.886 bits per heavy atom. The van der Waals surface area contributed by atoms with Crippen LogP contribution in [-0.4, -0.2) is 36.1 Å². The third-order valence-electron chi connectivity index (χ3n) is 5.51. The van der Waals surface area contributed by atoms with Crippen molar-refractivity contribution in [3.8, 4) is 17.2 Å². The SMILES string of the molecule is COc1cc(/C(O)=C2\C(=O)C(=O)N(c3cc(Cl)cc(Cl)c3)C2c2ccc(O)cc2)c(OC)cc1Cl. The van der Waals surface area contributed by atoms with Gasteiger partial charge in [0.25, 0.3) is 11.7 Å². The molecule has 3 aromatic carbocycles. The number of aliphatic hydroxyl groups excluding tert-OH is 1. The average Bonchev–Trinajstić information content (AvgIpc) is 3.08. The number of phenols is 1. The van der Waals surface area contributed by atoms with E-state index in [2.05, 4.69) is 0 Å². The molecular formula is C25H18Cl3NO6. The van der Waals surface area contributed by atoms with E-state index in [0.717, 1.165) is 0 Å². The maximum Gasteiger partial charge on any atom is 0.300 e. The topological polar surface area (TPSA) is 96.3 Å². The Bertz CT molecular complexity index is 1350. The minimum absolute atomic E-state index is 0.0133. The molecule has 4 rings (SSSR count). The summed E-state index contributed by atoms with van der Waals surface area (Å²) in [6.07, 6.45) is 0. The van der Waals surface area contributed by atoms with Crippen molar-refractivity contribution in [3.63, 3.8) is 0 Å². The lowest BCUT2D eigenvalue weighted by Gasteiger charge is -2.26. The number of benzene rings is 3. The molecule has 7 nitrogen and oxygen atoms in total. The van der Waals surface area contributed by atoms with Crippen LogP contribution in [-0.2, 0) is 9.59 Å². The zero-order valence-electron chi connectivity index (χ0n) is 18.4. The van der Waals surface area contributed by atoms with E-state index < -0.39 is 23.5 Å². The third kappa shape index (κ3) is 4.50. The molecule has 180 valence electrons. The number of amides is 1. The highest BCUT2D eigenvalue weighted by Crippen LogP contribution is 2.45. The van der Waals surface area contributed by atoms with Crippen molar-refractivity contribution >= 4 is 57.9 Å². The van der Waals surface area contributed by atoms with Gasteiger partial charge in [-0.15, -0.1) is 0 Å². The monoisotopic (exact) mass is 533 g/mol. The summed E-state index contributed by atoms with van der Waals surface area (Å²) in [6, 6.07) is 12.1. The Balaban J connectivity index is 2.01. The lowest BCUT2D eigenvalue weighted by atomic mass is 9.94. The first-order valence-corrected chi connectivity index (χ1v) is 11.3. The van der Waals surface area contributed by atoms with Gasteiger partial charge in [0.1, 0.15) is 23.0 Å². The number of hydrogen-bond acceptors (Lipinski definition) is 6. The highest BCUT2D eigenvalue weighted by Gasteiger charge is 2.47. The molecular weight excluding hydrogens is 517 g/mol. The number of hydrogen-bond donors (Lipinski definition) is 2. The highest BCUT2D eigenvalue weighted by atomic mass is 35.5. The van der Waals surface area contributed by atoms with Gasteiger partial charge in [0.05, 0.1) is 36.4 Å². The Kier molecular flexibility index (Phi) is 6.85. The predicted octanol–water partition coefficient (Wildman–Crippen LogP) is 6.00. The molecule has 1 fully saturated rings. The summed E-state index contributed by atoms with van der Waals surface area (Å²) >= 11 is 18.5. The summed E-state index contributed by atoms with van der Waals surface area (Å²) < 4.78 is 10.6. The van der Waals surface area contributed by atoms with E-state index in [4.69, 9.17) is 44.3 Å². The quantitative estimate of drug-likeness (QED) is 0.237. The van der Waals surface area contributed by atoms with Gasteiger partial charge in [-0.2, -0.15) is 0 Å². The molecule has 0 aliphatic carbocycles. The van der Waals surface area contributed by atoms with Crippen LogP contribution in [0.2, 0.25) is 15.1 Å². The number of methoxy groups -OCH3 is 2. The molecule has 10 heteroatoms. The van der Waals surface area contributed by atoms with E-state index in [1.807, 2.05) is 0 Å². The number of ether oxygens (including phenoxy) is 2. The first kappa shape index (κ1) is 24.7. The molecule has 1 unspecified atom stereocenters. The first-order chi connectivity index (χ1) is 16.7. The van der Waals surface area contributed by atoms with Crippen LogP contribution in [0.15, 0.2) is 60.2 Å². The number of phenolic OH excluding ortho intramolecular Hbond substituents is 1. The van der Waals surface area contributed by atoms with Crippen LogP contribution in [0.5, 0.6) is 17.2 Å². The van der Waals surface area contributed by atoms with Gasteiger partial charge in [0.2, 0.25) is 0 Å². The predicted molar refractivity (Wildman–Crippen MR) is 134 cm³/mol. The molecule has 0 aromatic heterocycles. The number of halogens is 3. The normalized spacial score (nSPS) is 17.1. The Hall–Kier alpha value is -3.39. The summed E-state index contributed by atoms with van der Waals surface area (Å²) in [5, 5.41) is 21.9. The fraction of sp³-hybridized carbons (Fsp3) is 0.120. The lowest BCUT2D eigenvalue weighted by molar-refractivity contribution is -0.132. The zero-order valence-corrected chi connectivity index (χ0v) is 20.6. The molecule has 1 heterocycles. The van der Waals surface area contributed by atoms with Crippen LogP contribution in [0.1, 0.15) is 17.2 Å². The van der Waals surface area contributed by atoms with E-state index >= 15 is 0 Å². The number of ketones is 1. The molecule has 1 aliphatic heterocycles. The van der Waals surface area contributed by atoms with Crippen LogP contribution < -0.4 is 14.4 Å². The summed E-state index contributed by atoms with van der Waals surface area (Å²) in [4.78, 5) is 27.8. The van der Waals surface area contributed by atoms with E-state index in [1.54, 1.807) is 0 Å². The van der Waals surface area contributed by atoms with Gasteiger partial charge in [0, 0.05) is 21.8 Å². The lowest BCUT2D eigenvalue weighted by Crippen LogP contribution is -2.29. The van der Waals surface area contributed by atoms with Gasteiger partial charge in [-0.25, -0.2) is 0 Å². The van der Waals surface area contributed by atoms with Crippen molar-refractivity contribution in [2.45, 2.75) is 6.04 Å². The number of anilines is 1. The van der Waals surface area contributed by atoms with Crippen molar-refractivity contribution in [1.29, 1.82) is 0 Å². The molecule has 1 aliphatic rings. The molecule has 0 saturated carbocycles. The number of carbonyl (C=O) groups is 2. The van der Waals surface area contributed by atoms with Crippen LogP contribution >= 0.6 is 34.8 Å². The van der Waals surface area contributed by atoms with Crippen LogP contribution in [0, 0.1) is 0 Å². The largest absolute Gasteiger partial charge is 0.508 e. The maximum absolute atomic E-state index is 13.3. The molecule has 2 N–H and O–H groups in total. The highest BCUT2D eigenvalue weighted by molar-refractivity contribution is 6.52. The van der Waals surface area contributed by atoms with Crippen molar-refractivity contribution in [2.75, 3.05) is 19.1 Å². The summed E-state index contributed by atoms with van der Waals surface area (Å²) in [7, 11) is 2.77. The second kappa shape index (κ2) is 9.70. The molecule has 1 amide bonds. The molecule has 0 spiro atoms. The van der Waals surface area contributed by atoms with Crippen LogP contribution in [0.25, 0.3) is 5.76 Å². The van der Waals surface area contributed by atoms with Gasteiger partial charge in [-0.1, -0.05) is 46.9 Å². The number of aliphatic hydroxyl groups is 1. The maximum atomic E-state index is 13.3. The number of carbonyl (C=O) groups excluding carboxylic acids is 2. The summed E-state index contributed by atoms with van der Waals surface area (Å²) in [5.74, 6) is -1.96. The fourth-order valence-corrected chi connectivity index (χ4v) is 4.69. The van der Waals surface area contributed by atoms with Gasteiger partial charge >= 0.3 is 0 Å². The minimum Gasteiger partial charge on any atom is -0.508 e. The van der Waals surface area contributed by atoms with Crippen LogP contribution in [0.4, 0.5) is 5.69 Å². The minimum atomic E-state index is -1.07. The van der Waals surface area contributed by atoms with Crippen LogP contribution in [0.3, 0.4) is 0 Å². The van der Waals surface area contributed by atoms with Crippen molar-refractivity contribution < 1.29 is 29.3 Å². The van der Waals surface area contributed by atoms with Gasteiger partial charge in [-0.3, -0.25) is 14.5 Å². The van der Waals surface area contributed by atoms with Crippen molar-refractivity contribution in [2.24, 2.45) is 0 Å². The number of rotatable bonds is 5. The third-order valence-corrected chi connectivity index (χ3v) is 6.24. The fourth-order valence-electron chi connectivity index (χ4n) is 3.94. The standard InChI is InChI=1S/C25H18Cl3NO6/c1-34-19-11-18(28)20(35-2)10-17(19)23(31)21-22(12-3-5-16(30)6-4-12)29(25(33)24(21)32)15-8-13(26)7-14(27)9-15/h3-11,22,30-31H,1-2H3/b23-21+. The Labute approximate surface area is 215 Å². The van der Waals surface area contributed by atoms with Gasteiger partial charge < -0.3 is 19.7 Å². The number of Topliss-reactive ketones (excluding diaryl/α,β-unsaturated/α-hetero) is 1. The smallest absolute Gasteiger partial charge is 0.300 e. The second-order valence-electron chi connectivity index (χ2n) is 7.58. The average molecular weight is 535 g/mol. The summed E-state index contributed by atoms with van der Waals surface area (Å²) in [5.41, 5.74) is 0.584. The van der Waals surface area contributed by atoms with Gasteiger partial charge in [-0.05, 0) is 42.0 Å². The molecule has 1 saturated heterocycles. The number of aromatic hydroxyl groups is 1. The van der Waals surface area contributed by atoms with E-state index in [0.29, 0.717) is 5.56 Å². The molecule has 1 atom stereocenters. The zero-order chi connectivity index (χ0) is 25.4. The molecule has 35 heavy (non-hydrogen) atoms. The van der Waals surface area contributed by atoms with E-state index in [1.165, 1.54) is 73.7 Å². The van der Waals surface area contributed by atoms with E-state index in [-0.39, 0.29) is 49.1 Å². The Morgan fingerprint density at radius 3 is 2.06 bits per heavy atom. The summed E-state index contributed by atoms with van der Waals surface area (Å²) in [6.45, 7) is 0. The van der Waals surface area contributed by atoms with Gasteiger partial charge in [0.15, 0.2) is 0 Å². The van der Waals surface area contributed by atoms with Crippen molar-refractivity contribution in [3.05, 3.63) is 86.4 Å². The van der Waals surface area contributed by atoms with E-state index in [9.17, 15) is 19.8 Å². The van der Waals surface area contributed by atoms with Crippen molar-refractivity contribution in [1.82, 2.24) is 0 Å². The molecule has 3 aromatic rings. The second-order valence-corrected chi connectivity index (χ2v) is 8.86. The molecule has 0 bridgehead atoms. The number of nitrogens with zero attached hydrogens (tertiary/aromatic N) is 1. The first-order valence-electron chi connectivity index (χ1n) is 10.1. The molecule has 0 radical (unpaired) electrons. The Morgan fingerprint density at radius 2 is 1.49 bits per heavy atom.